The van der Waals surface area contributed by atoms with Crippen LogP contribution in [-0.2, 0) is 19.0 Å². The first-order valence-electron chi connectivity index (χ1n) is 6.18. The summed E-state index contributed by atoms with van der Waals surface area (Å²) in [5.41, 5.74) is 0. The minimum Gasteiger partial charge on any atom is -0.438 e. The number of aliphatic hydroxyl groups excluding tert-OH is 1. The van der Waals surface area contributed by atoms with E-state index in [1.807, 2.05) is 13.8 Å². The molecule has 0 saturated carbocycles. The second kappa shape index (κ2) is 5.33. The van der Waals surface area contributed by atoms with Gasteiger partial charge in [0, 0.05) is 12.5 Å². The molecule has 2 fully saturated rings. The van der Waals surface area contributed by atoms with Gasteiger partial charge in [0.2, 0.25) is 6.29 Å². The Hall–Kier alpha value is -0.650. The summed E-state index contributed by atoms with van der Waals surface area (Å²) in [5, 5.41) is 9.43. The molecule has 2 aliphatic rings. The van der Waals surface area contributed by atoms with E-state index in [1.54, 1.807) is 0 Å². The van der Waals surface area contributed by atoms with Crippen LogP contribution in [0.25, 0.3) is 0 Å². The normalized spacial score (nSPS) is 37.4. The molecular formula is C12H20O5. The van der Waals surface area contributed by atoms with Crippen molar-refractivity contribution in [1.82, 2.24) is 0 Å². The summed E-state index contributed by atoms with van der Waals surface area (Å²) in [6, 6.07) is 0. The van der Waals surface area contributed by atoms with E-state index in [-0.39, 0.29) is 36.8 Å². The lowest BCUT2D eigenvalue weighted by Gasteiger charge is -2.32. The van der Waals surface area contributed by atoms with Crippen LogP contribution in [0.1, 0.15) is 26.7 Å². The van der Waals surface area contributed by atoms with Gasteiger partial charge >= 0.3 is 0 Å². The van der Waals surface area contributed by atoms with E-state index in [0.29, 0.717) is 6.47 Å². The van der Waals surface area contributed by atoms with Crippen molar-refractivity contribution in [2.75, 3.05) is 6.61 Å². The van der Waals surface area contributed by atoms with Crippen molar-refractivity contribution >= 4 is 6.47 Å². The summed E-state index contributed by atoms with van der Waals surface area (Å²) in [7, 11) is 0. The molecule has 5 atom stereocenters. The van der Waals surface area contributed by atoms with Crippen molar-refractivity contribution in [1.29, 1.82) is 0 Å². The zero-order valence-electron chi connectivity index (χ0n) is 10.2. The number of carbonyl (C=O) groups excluding carboxylic acids is 1. The van der Waals surface area contributed by atoms with Crippen LogP contribution in [0.3, 0.4) is 0 Å². The Bertz CT molecular complexity index is 268. The predicted molar refractivity (Wildman–Crippen MR) is 59.1 cm³/mol. The van der Waals surface area contributed by atoms with Gasteiger partial charge in [0.05, 0.1) is 24.2 Å². The standard InChI is InChI=1S/C12H20O5/c1-7(2)16-12(15-6-14)11-8(5-13)9-3-4-10(11)17-9/h6-13H,3-5H2,1-2H3. The molecule has 0 aromatic heterocycles. The minimum atomic E-state index is -0.611. The third-order valence-corrected chi connectivity index (χ3v) is 3.61. The highest BCUT2D eigenvalue weighted by atomic mass is 16.7. The van der Waals surface area contributed by atoms with Gasteiger partial charge in [0.25, 0.3) is 6.47 Å². The molecule has 5 nitrogen and oxygen atoms in total. The smallest absolute Gasteiger partial charge is 0.295 e. The summed E-state index contributed by atoms with van der Waals surface area (Å²) >= 11 is 0. The number of fused-ring (bicyclic) bond motifs is 2. The largest absolute Gasteiger partial charge is 0.438 e. The molecule has 0 aromatic rings. The average Bonchev–Trinajstić information content (AvgIpc) is 2.86. The molecule has 2 rings (SSSR count). The first kappa shape index (κ1) is 12.8. The van der Waals surface area contributed by atoms with Crippen LogP contribution in [0, 0.1) is 11.8 Å². The van der Waals surface area contributed by atoms with Gasteiger partial charge in [0.15, 0.2) is 0 Å². The predicted octanol–water partition coefficient (Wildman–Crippen LogP) is 0.696. The van der Waals surface area contributed by atoms with Crippen LogP contribution in [0.15, 0.2) is 0 Å². The molecule has 98 valence electrons. The van der Waals surface area contributed by atoms with Crippen molar-refractivity contribution in [3.63, 3.8) is 0 Å². The molecule has 2 aliphatic heterocycles. The molecule has 17 heavy (non-hydrogen) atoms. The Labute approximate surface area is 101 Å². The fourth-order valence-corrected chi connectivity index (χ4v) is 2.96. The van der Waals surface area contributed by atoms with Crippen LogP contribution >= 0.6 is 0 Å². The first-order valence-corrected chi connectivity index (χ1v) is 6.18. The number of carbonyl (C=O) groups is 1. The monoisotopic (exact) mass is 244 g/mol. The molecular weight excluding hydrogens is 224 g/mol. The van der Waals surface area contributed by atoms with Gasteiger partial charge in [-0.15, -0.1) is 0 Å². The second-order valence-corrected chi connectivity index (χ2v) is 5.00. The van der Waals surface area contributed by atoms with Crippen molar-refractivity contribution < 1.29 is 24.1 Å². The van der Waals surface area contributed by atoms with Crippen molar-refractivity contribution in [3.8, 4) is 0 Å². The Balaban J connectivity index is 2.08. The molecule has 0 amide bonds. The maximum absolute atomic E-state index is 10.5. The summed E-state index contributed by atoms with van der Waals surface area (Å²) in [4.78, 5) is 10.5. The lowest BCUT2D eigenvalue weighted by atomic mass is 9.79. The Kier molecular flexibility index (Phi) is 4.01. The molecule has 2 heterocycles. The van der Waals surface area contributed by atoms with Gasteiger partial charge in [-0.1, -0.05) is 0 Å². The Morgan fingerprint density at radius 3 is 2.71 bits per heavy atom. The van der Waals surface area contributed by atoms with Gasteiger partial charge in [-0.2, -0.15) is 0 Å². The number of hydrogen-bond acceptors (Lipinski definition) is 5. The zero-order chi connectivity index (χ0) is 12.4. The number of aliphatic hydroxyl groups is 1. The molecule has 2 bridgehead atoms. The molecule has 0 spiro atoms. The zero-order valence-corrected chi connectivity index (χ0v) is 10.2. The van der Waals surface area contributed by atoms with Gasteiger partial charge in [-0.05, 0) is 26.7 Å². The quantitative estimate of drug-likeness (QED) is 0.550. The van der Waals surface area contributed by atoms with Gasteiger partial charge in [-0.3, -0.25) is 4.79 Å². The van der Waals surface area contributed by atoms with Crippen LogP contribution in [0.2, 0.25) is 0 Å². The molecule has 5 unspecified atom stereocenters. The number of hydrogen-bond donors (Lipinski definition) is 1. The van der Waals surface area contributed by atoms with E-state index in [4.69, 9.17) is 14.2 Å². The van der Waals surface area contributed by atoms with Crippen LogP contribution in [0.5, 0.6) is 0 Å². The fraction of sp³-hybridized carbons (Fsp3) is 0.917. The third kappa shape index (κ3) is 2.46. The van der Waals surface area contributed by atoms with Crippen molar-refractivity contribution in [2.24, 2.45) is 11.8 Å². The topological polar surface area (TPSA) is 65.0 Å². The molecule has 0 radical (unpaired) electrons. The second-order valence-electron chi connectivity index (χ2n) is 5.00. The minimum absolute atomic E-state index is 0.0115. The van der Waals surface area contributed by atoms with Gasteiger partial charge in [0.1, 0.15) is 0 Å². The number of ether oxygens (including phenoxy) is 3. The highest BCUT2D eigenvalue weighted by molar-refractivity contribution is 5.37. The molecule has 5 heteroatoms. The molecule has 0 aromatic carbocycles. The first-order chi connectivity index (χ1) is 8.17. The third-order valence-electron chi connectivity index (χ3n) is 3.61. The van der Waals surface area contributed by atoms with Crippen LogP contribution in [0.4, 0.5) is 0 Å². The molecule has 2 saturated heterocycles. The van der Waals surface area contributed by atoms with Crippen LogP contribution in [-0.4, -0.2) is 42.8 Å². The molecule has 1 N–H and O–H groups in total. The van der Waals surface area contributed by atoms with Crippen molar-refractivity contribution in [2.45, 2.75) is 51.3 Å². The van der Waals surface area contributed by atoms with E-state index < -0.39 is 6.29 Å². The highest BCUT2D eigenvalue weighted by Gasteiger charge is 2.53. The maximum atomic E-state index is 10.5. The average molecular weight is 244 g/mol. The number of rotatable bonds is 6. The summed E-state index contributed by atoms with van der Waals surface area (Å²) < 4.78 is 16.4. The van der Waals surface area contributed by atoms with Gasteiger partial charge in [-0.25, -0.2) is 0 Å². The highest BCUT2D eigenvalue weighted by Crippen LogP contribution is 2.45. The maximum Gasteiger partial charge on any atom is 0.295 e. The van der Waals surface area contributed by atoms with E-state index in [0.717, 1.165) is 12.8 Å². The molecule has 0 aliphatic carbocycles. The van der Waals surface area contributed by atoms with E-state index in [9.17, 15) is 9.90 Å². The lowest BCUT2D eigenvalue weighted by molar-refractivity contribution is -0.199. The SMILES string of the molecule is CC(C)OC(OC=O)C1C2CCC(O2)C1CO. The summed E-state index contributed by atoms with van der Waals surface area (Å²) in [5.74, 6) is -0.0381. The summed E-state index contributed by atoms with van der Waals surface area (Å²) in [6.07, 6.45) is 1.41. The van der Waals surface area contributed by atoms with Crippen LogP contribution < -0.4 is 0 Å². The Morgan fingerprint density at radius 2 is 2.12 bits per heavy atom. The van der Waals surface area contributed by atoms with E-state index >= 15 is 0 Å². The van der Waals surface area contributed by atoms with Gasteiger partial charge < -0.3 is 19.3 Å². The fourth-order valence-electron chi connectivity index (χ4n) is 2.96. The lowest BCUT2D eigenvalue weighted by Crippen LogP contribution is -2.42. The summed E-state index contributed by atoms with van der Waals surface area (Å²) in [6.45, 7) is 4.24. The van der Waals surface area contributed by atoms with E-state index in [2.05, 4.69) is 0 Å². The van der Waals surface area contributed by atoms with E-state index in [1.165, 1.54) is 0 Å². The Morgan fingerprint density at radius 1 is 1.41 bits per heavy atom. The van der Waals surface area contributed by atoms with Crippen molar-refractivity contribution in [3.05, 3.63) is 0 Å².